The molecular weight excluding hydrogens is 502 g/mol. The summed E-state index contributed by atoms with van der Waals surface area (Å²) in [6.07, 6.45) is 4.13. The summed E-state index contributed by atoms with van der Waals surface area (Å²) < 4.78 is 33.5. The number of halogens is 3. The van der Waals surface area contributed by atoms with Crippen LogP contribution >= 0.6 is 11.6 Å². The number of benzene rings is 2. The molecule has 198 valence electrons. The molecule has 0 spiro atoms. The van der Waals surface area contributed by atoms with Crippen LogP contribution in [0.1, 0.15) is 67.3 Å². The van der Waals surface area contributed by atoms with Crippen molar-refractivity contribution in [2.45, 2.75) is 51.4 Å². The number of nitrogens with zero attached hydrogens (tertiary/aromatic N) is 1. The normalized spacial score (nSPS) is 20.4. The van der Waals surface area contributed by atoms with E-state index < -0.39 is 23.1 Å². The molecule has 0 aromatic heterocycles. The van der Waals surface area contributed by atoms with E-state index >= 15 is 0 Å². The van der Waals surface area contributed by atoms with Gasteiger partial charge < -0.3 is 15.0 Å². The molecule has 2 fully saturated rings. The molecule has 1 saturated heterocycles. The number of nitrogens with one attached hydrogen (secondary N) is 1. The maximum Gasteiger partial charge on any atom is 0.308 e. The molecule has 2 aromatic rings. The van der Waals surface area contributed by atoms with Crippen LogP contribution in [-0.4, -0.2) is 42.4 Å². The molecule has 0 bridgehead atoms. The highest BCUT2D eigenvalue weighted by Gasteiger charge is 2.32. The Morgan fingerprint density at radius 1 is 1.00 bits per heavy atom. The van der Waals surface area contributed by atoms with E-state index in [-0.39, 0.29) is 34.7 Å². The highest BCUT2D eigenvalue weighted by atomic mass is 35.5. The monoisotopic (exact) mass is 532 g/mol. The molecule has 2 atom stereocenters. The van der Waals surface area contributed by atoms with Crippen molar-refractivity contribution in [3.63, 3.8) is 0 Å². The van der Waals surface area contributed by atoms with Crippen molar-refractivity contribution in [1.29, 1.82) is 0 Å². The van der Waals surface area contributed by atoms with Gasteiger partial charge in [-0.2, -0.15) is 0 Å². The first-order valence-electron chi connectivity index (χ1n) is 12.8. The lowest BCUT2D eigenvalue weighted by Crippen LogP contribution is -2.38. The lowest BCUT2D eigenvalue weighted by atomic mass is 9.81. The van der Waals surface area contributed by atoms with Crippen molar-refractivity contribution < 1.29 is 27.9 Å². The predicted molar refractivity (Wildman–Crippen MR) is 136 cm³/mol. The fraction of sp³-hybridized carbons (Fsp3) is 0.464. The number of carbonyl (C=O) groups is 3. The van der Waals surface area contributed by atoms with E-state index in [0.717, 1.165) is 37.0 Å². The van der Waals surface area contributed by atoms with Gasteiger partial charge in [0.1, 0.15) is 11.4 Å². The number of hydrogen-bond acceptors (Lipinski definition) is 4. The lowest BCUT2D eigenvalue weighted by molar-refractivity contribution is -0.150. The van der Waals surface area contributed by atoms with Crippen LogP contribution in [0.4, 0.5) is 14.5 Å². The molecule has 2 aromatic carbocycles. The number of carbonyl (C=O) groups excluding carboxylic acids is 3. The second kappa shape index (κ2) is 12.0. The fourth-order valence-corrected chi connectivity index (χ4v) is 5.44. The van der Waals surface area contributed by atoms with Crippen LogP contribution in [0.3, 0.4) is 0 Å². The van der Waals surface area contributed by atoms with E-state index in [1.165, 1.54) is 4.90 Å². The first-order valence-corrected chi connectivity index (χ1v) is 13.2. The minimum Gasteiger partial charge on any atom is -0.466 e. The van der Waals surface area contributed by atoms with Gasteiger partial charge in [0.2, 0.25) is 5.91 Å². The average Bonchev–Trinajstić information content (AvgIpc) is 2.91. The number of ether oxygens (including phenoxy) is 1. The highest BCUT2D eigenvalue weighted by Crippen LogP contribution is 2.33. The number of rotatable bonds is 6. The Morgan fingerprint density at radius 2 is 1.68 bits per heavy atom. The Morgan fingerprint density at radius 3 is 2.35 bits per heavy atom. The molecule has 6 nitrogen and oxygen atoms in total. The zero-order valence-electron chi connectivity index (χ0n) is 20.8. The Hall–Kier alpha value is -3.00. The Kier molecular flexibility index (Phi) is 8.79. The van der Waals surface area contributed by atoms with E-state index in [9.17, 15) is 23.2 Å². The standard InChI is InChI=1S/C28H31ClF2N2O4/c1-2-37-28(36)20-5-3-4-19(16-20)26(34)32-21-8-6-17(7-9-21)18-12-14-33(15-13-18)27(35)24-23(30)11-10-22(29)25(24)31/h6-11,18-20H,2-5,12-16H2,1H3,(H,32,34)/t19-,20+/m0/s1. The third kappa shape index (κ3) is 6.29. The fourth-order valence-electron chi connectivity index (χ4n) is 5.28. The molecule has 4 rings (SSSR count). The summed E-state index contributed by atoms with van der Waals surface area (Å²) in [5.41, 5.74) is 1.15. The van der Waals surface area contributed by atoms with Gasteiger partial charge in [-0.25, -0.2) is 8.78 Å². The predicted octanol–water partition coefficient (Wildman–Crippen LogP) is 5.95. The number of hydrogen-bond donors (Lipinski definition) is 1. The summed E-state index contributed by atoms with van der Waals surface area (Å²) in [6, 6.07) is 9.71. The Balaban J connectivity index is 1.31. The van der Waals surface area contributed by atoms with Gasteiger partial charge in [-0.15, -0.1) is 0 Å². The topological polar surface area (TPSA) is 75.7 Å². The van der Waals surface area contributed by atoms with Gasteiger partial charge >= 0.3 is 5.97 Å². The minimum atomic E-state index is -1.03. The molecule has 37 heavy (non-hydrogen) atoms. The summed E-state index contributed by atoms with van der Waals surface area (Å²) in [5.74, 6) is -3.22. The number of amides is 2. The number of likely N-dealkylation sites (tertiary alicyclic amines) is 1. The first kappa shape index (κ1) is 27.0. The Bertz CT molecular complexity index is 1150. The second-order valence-electron chi connectivity index (χ2n) is 9.71. The van der Waals surface area contributed by atoms with Crippen molar-refractivity contribution in [3.05, 3.63) is 64.2 Å². The third-order valence-corrected chi connectivity index (χ3v) is 7.65. The smallest absolute Gasteiger partial charge is 0.308 e. The molecule has 1 N–H and O–H groups in total. The second-order valence-corrected chi connectivity index (χ2v) is 10.1. The van der Waals surface area contributed by atoms with Crippen molar-refractivity contribution in [2.24, 2.45) is 11.8 Å². The summed E-state index contributed by atoms with van der Waals surface area (Å²) >= 11 is 5.73. The Labute approximate surface area is 220 Å². The SMILES string of the molecule is CCOC(=O)[C@@H]1CCC[C@H](C(=O)Nc2ccc(C3CCN(C(=O)c4c(F)ccc(Cl)c4F)CC3)cc2)C1. The quantitative estimate of drug-likeness (QED) is 0.369. The molecule has 0 unspecified atom stereocenters. The van der Waals surface area contributed by atoms with Crippen LogP contribution < -0.4 is 5.32 Å². The van der Waals surface area contributed by atoms with Crippen LogP contribution in [0.25, 0.3) is 0 Å². The summed E-state index contributed by atoms with van der Waals surface area (Å²) in [6.45, 7) is 2.86. The maximum atomic E-state index is 14.3. The van der Waals surface area contributed by atoms with Crippen LogP contribution in [-0.2, 0) is 14.3 Å². The molecule has 1 saturated carbocycles. The van der Waals surface area contributed by atoms with Crippen molar-refractivity contribution in [2.75, 3.05) is 25.0 Å². The van der Waals surface area contributed by atoms with E-state index in [1.54, 1.807) is 6.92 Å². The van der Waals surface area contributed by atoms with E-state index in [1.807, 2.05) is 24.3 Å². The van der Waals surface area contributed by atoms with Gasteiger partial charge in [0.15, 0.2) is 5.82 Å². The van der Waals surface area contributed by atoms with Crippen LogP contribution in [0.5, 0.6) is 0 Å². The van der Waals surface area contributed by atoms with Crippen LogP contribution in [0, 0.1) is 23.5 Å². The maximum absolute atomic E-state index is 14.3. The zero-order chi connectivity index (χ0) is 26.5. The highest BCUT2D eigenvalue weighted by molar-refractivity contribution is 6.31. The van der Waals surface area contributed by atoms with Gasteiger partial charge in [-0.05, 0) is 74.8 Å². The number of anilines is 1. The average molecular weight is 533 g/mol. The molecular formula is C28H31ClF2N2O4. The van der Waals surface area contributed by atoms with Gasteiger partial charge in [-0.3, -0.25) is 14.4 Å². The molecule has 1 heterocycles. The molecule has 2 amide bonds. The van der Waals surface area contributed by atoms with Crippen LogP contribution in [0.15, 0.2) is 36.4 Å². The van der Waals surface area contributed by atoms with Gasteiger partial charge in [-0.1, -0.05) is 30.2 Å². The van der Waals surface area contributed by atoms with Crippen molar-refractivity contribution in [3.8, 4) is 0 Å². The summed E-state index contributed by atoms with van der Waals surface area (Å²) in [7, 11) is 0. The van der Waals surface area contributed by atoms with E-state index in [0.29, 0.717) is 44.6 Å². The molecule has 0 radical (unpaired) electrons. The zero-order valence-corrected chi connectivity index (χ0v) is 21.5. The van der Waals surface area contributed by atoms with Gasteiger partial charge in [0, 0.05) is 24.7 Å². The number of esters is 1. The van der Waals surface area contributed by atoms with Gasteiger partial charge in [0.25, 0.3) is 5.91 Å². The van der Waals surface area contributed by atoms with Crippen LogP contribution in [0.2, 0.25) is 5.02 Å². The first-order chi connectivity index (χ1) is 17.8. The van der Waals surface area contributed by atoms with E-state index in [4.69, 9.17) is 16.3 Å². The molecule has 9 heteroatoms. The number of piperidine rings is 1. The summed E-state index contributed by atoms with van der Waals surface area (Å²) in [4.78, 5) is 39.1. The van der Waals surface area contributed by atoms with Crippen molar-refractivity contribution >= 4 is 35.1 Å². The minimum absolute atomic E-state index is 0.0888. The lowest BCUT2D eigenvalue weighted by Gasteiger charge is -2.32. The largest absolute Gasteiger partial charge is 0.466 e. The summed E-state index contributed by atoms with van der Waals surface area (Å²) in [5, 5.41) is 2.68. The van der Waals surface area contributed by atoms with Crippen molar-refractivity contribution in [1.82, 2.24) is 4.90 Å². The third-order valence-electron chi connectivity index (χ3n) is 7.35. The molecule has 1 aliphatic carbocycles. The van der Waals surface area contributed by atoms with E-state index in [2.05, 4.69) is 5.32 Å². The molecule has 2 aliphatic rings. The van der Waals surface area contributed by atoms with Gasteiger partial charge in [0.05, 0.1) is 17.5 Å². The molecule has 1 aliphatic heterocycles.